The van der Waals surface area contributed by atoms with E-state index < -0.39 is 0 Å². The molecule has 84 valence electrons. The average Bonchev–Trinajstić information content (AvgIpc) is 2.20. The minimum atomic E-state index is 0.732. The molecular formula is C14H23N. The van der Waals surface area contributed by atoms with Crippen LogP contribution in [-0.4, -0.2) is 13.6 Å². The van der Waals surface area contributed by atoms with E-state index in [1.165, 1.54) is 17.5 Å². The van der Waals surface area contributed by atoms with Crippen LogP contribution in [-0.2, 0) is 6.42 Å². The molecule has 1 nitrogen and oxygen atoms in total. The summed E-state index contributed by atoms with van der Waals surface area (Å²) in [7, 11) is 2.03. The maximum absolute atomic E-state index is 3.29. The van der Waals surface area contributed by atoms with Crippen LogP contribution in [0.4, 0.5) is 0 Å². The molecule has 0 heterocycles. The van der Waals surface area contributed by atoms with E-state index in [1.807, 2.05) is 7.05 Å². The molecule has 0 bridgehead atoms. The van der Waals surface area contributed by atoms with Crippen LogP contribution < -0.4 is 5.32 Å². The van der Waals surface area contributed by atoms with Gasteiger partial charge in [-0.15, -0.1) is 0 Å². The summed E-state index contributed by atoms with van der Waals surface area (Å²) < 4.78 is 0. The Morgan fingerprint density at radius 3 is 2.40 bits per heavy atom. The fraction of sp³-hybridized carbons (Fsp3) is 0.571. The van der Waals surface area contributed by atoms with Crippen molar-refractivity contribution in [2.45, 2.75) is 27.2 Å². The van der Waals surface area contributed by atoms with Gasteiger partial charge in [0, 0.05) is 0 Å². The molecule has 0 aliphatic heterocycles. The molecule has 0 aliphatic rings. The van der Waals surface area contributed by atoms with Crippen molar-refractivity contribution >= 4 is 0 Å². The molecule has 0 spiro atoms. The maximum Gasteiger partial charge on any atom is -0.00179 e. The first kappa shape index (κ1) is 12.3. The Balaban J connectivity index is 2.69. The molecule has 0 saturated heterocycles. The van der Waals surface area contributed by atoms with Crippen LogP contribution in [0.1, 0.15) is 25.0 Å². The minimum Gasteiger partial charge on any atom is -0.319 e. The van der Waals surface area contributed by atoms with Crippen LogP contribution >= 0.6 is 0 Å². The number of hydrogen-bond donors (Lipinski definition) is 1. The van der Waals surface area contributed by atoms with Gasteiger partial charge in [-0.3, -0.25) is 0 Å². The van der Waals surface area contributed by atoms with Gasteiger partial charge in [-0.1, -0.05) is 38.1 Å². The Labute approximate surface area is 93.9 Å². The number of hydrogen-bond acceptors (Lipinski definition) is 1. The third-order valence-corrected chi connectivity index (χ3v) is 3.15. The zero-order valence-corrected chi connectivity index (χ0v) is 10.4. The topological polar surface area (TPSA) is 12.0 Å². The first-order chi connectivity index (χ1) is 7.15. The average molecular weight is 205 g/mol. The molecule has 1 aromatic rings. The number of aryl methyl sites for hydroxylation is 1. The third-order valence-electron chi connectivity index (χ3n) is 3.15. The van der Waals surface area contributed by atoms with Crippen molar-refractivity contribution in [2.24, 2.45) is 11.8 Å². The van der Waals surface area contributed by atoms with Gasteiger partial charge in [-0.25, -0.2) is 0 Å². The standard InChI is InChI=1S/C14H23N/c1-11(2)14(10-15-4)9-13-8-6-5-7-12(13)3/h5-8,11,14-15H,9-10H2,1-4H3. The summed E-state index contributed by atoms with van der Waals surface area (Å²) in [5, 5.41) is 3.29. The molecule has 0 saturated carbocycles. The Kier molecular flexibility index (Phi) is 4.83. The lowest BCUT2D eigenvalue weighted by Gasteiger charge is -2.21. The van der Waals surface area contributed by atoms with Crippen LogP contribution in [0.2, 0.25) is 0 Å². The summed E-state index contributed by atoms with van der Waals surface area (Å²) in [5.74, 6) is 1.47. The monoisotopic (exact) mass is 205 g/mol. The Bertz CT molecular complexity index is 291. The van der Waals surface area contributed by atoms with Gasteiger partial charge in [0.1, 0.15) is 0 Å². The Morgan fingerprint density at radius 1 is 1.20 bits per heavy atom. The summed E-state index contributed by atoms with van der Waals surface area (Å²) in [4.78, 5) is 0. The molecule has 1 rings (SSSR count). The predicted octanol–water partition coefficient (Wildman–Crippen LogP) is 3.03. The van der Waals surface area contributed by atoms with Crippen LogP contribution in [0, 0.1) is 18.8 Å². The van der Waals surface area contributed by atoms with E-state index in [-0.39, 0.29) is 0 Å². The van der Waals surface area contributed by atoms with E-state index in [0.29, 0.717) is 0 Å². The lowest BCUT2D eigenvalue weighted by molar-refractivity contribution is 0.370. The van der Waals surface area contributed by atoms with Crippen LogP contribution in [0.15, 0.2) is 24.3 Å². The number of benzene rings is 1. The van der Waals surface area contributed by atoms with Crippen LogP contribution in [0.3, 0.4) is 0 Å². The van der Waals surface area contributed by atoms with Crippen molar-refractivity contribution in [3.63, 3.8) is 0 Å². The minimum absolute atomic E-state index is 0.732. The van der Waals surface area contributed by atoms with Gasteiger partial charge in [0.15, 0.2) is 0 Å². The van der Waals surface area contributed by atoms with E-state index >= 15 is 0 Å². The highest BCUT2D eigenvalue weighted by Gasteiger charge is 2.13. The molecule has 0 aromatic heterocycles. The summed E-state index contributed by atoms with van der Waals surface area (Å²) >= 11 is 0. The van der Waals surface area contributed by atoms with Gasteiger partial charge in [0.05, 0.1) is 0 Å². The van der Waals surface area contributed by atoms with Gasteiger partial charge in [-0.2, -0.15) is 0 Å². The first-order valence-corrected chi connectivity index (χ1v) is 5.84. The SMILES string of the molecule is CNCC(Cc1ccccc1C)C(C)C. The van der Waals surface area contributed by atoms with Crippen molar-refractivity contribution in [1.82, 2.24) is 5.32 Å². The molecular weight excluding hydrogens is 182 g/mol. The van der Waals surface area contributed by atoms with Crippen molar-refractivity contribution in [3.8, 4) is 0 Å². The third kappa shape index (κ3) is 3.67. The molecule has 1 heteroatoms. The second-order valence-corrected chi connectivity index (χ2v) is 4.69. The van der Waals surface area contributed by atoms with Gasteiger partial charge in [-0.05, 0) is 49.9 Å². The molecule has 1 N–H and O–H groups in total. The summed E-state index contributed by atoms with van der Waals surface area (Å²) in [5.41, 5.74) is 2.91. The van der Waals surface area contributed by atoms with Gasteiger partial charge in [0.25, 0.3) is 0 Å². The van der Waals surface area contributed by atoms with Gasteiger partial charge in [0.2, 0.25) is 0 Å². The molecule has 0 aliphatic carbocycles. The van der Waals surface area contributed by atoms with E-state index in [4.69, 9.17) is 0 Å². The molecule has 0 fully saturated rings. The Hall–Kier alpha value is -0.820. The number of nitrogens with one attached hydrogen (secondary N) is 1. The fourth-order valence-electron chi connectivity index (χ4n) is 1.93. The summed E-state index contributed by atoms with van der Waals surface area (Å²) in [6.07, 6.45) is 1.19. The highest BCUT2D eigenvalue weighted by atomic mass is 14.8. The van der Waals surface area contributed by atoms with E-state index in [2.05, 4.69) is 50.4 Å². The number of rotatable bonds is 5. The molecule has 15 heavy (non-hydrogen) atoms. The van der Waals surface area contributed by atoms with Gasteiger partial charge < -0.3 is 5.32 Å². The van der Waals surface area contributed by atoms with Gasteiger partial charge >= 0.3 is 0 Å². The Morgan fingerprint density at radius 2 is 1.87 bits per heavy atom. The summed E-state index contributed by atoms with van der Waals surface area (Å²) in [6.45, 7) is 7.92. The predicted molar refractivity (Wildman–Crippen MR) is 67.1 cm³/mol. The lowest BCUT2D eigenvalue weighted by Crippen LogP contribution is -2.25. The van der Waals surface area contributed by atoms with E-state index in [1.54, 1.807) is 0 Å². The highest BCUT2D eigenvalue weighted by Crippen LogP contribution is 2.18. The van der Waals surface area contributed by atoms with Crippen molar-refractivity contribution in [2.75, 3.05) is 13.6 Å². The zero-order chi connectivity index (χ0) is 11.3. The first-order valence-electron chi connectivity index (χ1n) is 5.84. The van der Waals surface area contributed by atoms with Crippen molar-refractivity contribution < 1.29 is 0 Å². The maximum atomic E-state index is 3.29. The fourth-order valence-corrected chi connectivity index (χ4v) is 1.93. The van der Waals surface area contributed by atoms with E-state index in [0.717, 1.165) is 18.4 Å². The second kappa shape index (κ2) is 5.92. The molecule has 1 aromatic carbocycles. The summed E-state index contributed by atoms with van der Waals surface area (Å²) in [6, 6.07) is 8.70. The molecule has 0 amide bonds. The largest absolute Gasteiger partial charge is 0.319 e. The molecule has 1 unspecified atom stereocenters. The van der Waals surface area contributed by atoms with Crippen molar-refractivity contribution in [3.05, 3.63) is 35.4 Å². The lowest BCUT2D eigenvalue weighted by atomic mass is 9.88. The normalized spacial score (nSPS) is 13.1. The molecule has 0 radical (unpaired) electrons. The smallest absolute Gasteiger partial charge is 0.00179 e. The van der Waals surface area contributed by atoms with Crippen LogP contribution in [0.25, 0.3) is 0 Å². The zero-order valence-electron chi connectivity index (χ0n) is 10.4. The van der Waals surface area contributed by atoms with Crippen molar-refractivity contribution in [1.29, 1.82) is 0 Å². The highest BCUT2D eigenvalue weighted by molar-refractivity contribution is 5.26. The quantitative estimate of drug-likeness (QED) is 0.779. The van der Waals surface area contributed by atoms with Crippen LogP contribution in [0.5, 0.6) is 0 Å². The molecule has 1 atom stereocenters. The second-order valence-electron chi connectivity index (χ2n) is 4.69. The van der Waals surface area contributed by atoms with E-state index in [9.17, 15) is 0 Å².